The van der Waals surface area contributed by atoms with Crippen molar-refractivity contribution in [1.82, 2.24) is 9.97 Å². The predicted octanol–water partition coefficient (Wildman–Crippen LogP) is 2.10. The molecule has 0 amide bonds. The summed E-state index contributed by atoms with van der Waals surface area (Å²) in [6.45, 7) is 3.69. The molecule has 0 spiro atoms. The first kappa shape index (κ1) is 10.6. The lowest BCUT2D eigenvalue weighted by atomic mass is 10.1. The van der Waals surface area contributed by atoms with Crippen molar-refractivity contribution < 1.29 is 0 Å². The maximum absolute atomic E-state index is 7.59. The summed E-state index contributed by atoms with van der Waals surface area (Å²) in [6, 6.07) is 0. The number of H-pyrrole nitrogens is 1. The third-order valence-corrected chi connectivity index (χ3v) is 1.90. The van der Waals surface area contributed by atoms with E-state index in [0.29, 0.717) is 24.3 Å². The topological polar surface area (TPSA) is 76.4 Å². The predicted molar refractivity (Wildman–Crippen MR) is 57.4 cm³/mol. The van der Waals surface area contributed by atoms with Gasteiger partial charge in [0.25, 0.3) is 0 Å². The molecule has 0 saturated carbocycles. The Kier molecular flexibility index (Phi) is 3.56. The van der Waals surface area contributed by atoms with Crippen LogP contribution in [0.25, 0.3) is 0 Å². The minimum Gasteiger partial charge on any atom is -0.346 e. The fraction of sp³-hybridized carbons (Fsp3) is 0.500. The van der Waals surface area contributed by atoms with Crippen LogP contribution in [-0.2, 0) is 6.42 Å². The van der Waals surface area contributed by atoms with Crippen molar-refractivity contribution in [3.63, 3.8) is 0 Å². The Labute approximate surface area is 83.8 Å². The van der Waals surface area contributed by atoms with E-state index in [0.717, 1.165) is 17.9 Å². The Morgan fingerprint density at radius 3 is 2.71 bits per heavy atom. The van der Waals surface area contributed by atoms with Gasteiger partial charge in [-0.2, -0.15) is 0 Å². The van der Waals surface area contributed by atoms with Gasteiger partial charge < -0.3 is 15.8 Å². The van der Waals surface area contributed by atoms with Crippen LogP contribution in [-0.4, -0.2) is 21.4 Å². The van der Waals surface area contributed by atoms with Crippen molar-refractivity contribution >= 4 is 11.4 Å². The van der Waals surface area contributed by atoms with Crippen molar-refractivity contribution in [2.24, 2.45) is 0 Å². The molecule has 1 aromatic rings. The molecular weight excluding hydrogens is 176 g/mol. The van der Waals surface area contributed by atoms with Crippen LogP contribution in [0.5, 0.6) is 0 Å². The van der Waals surface area contributed by atoms with Gasteiger partial charge in [-0.1, -0.05) is 0 Å². The van der Waals surface area contributed by atoms with E-state index >= 15 is 0 Å². The molecule has 0 bridgehead atoms. The molecule has 14 heavy (non-hydrogen) atoms. The second-order valence-electron chi connectivity index (χ2n) is 3.57. The standard InChI is InChI=1S/C10H16N4/c1-7(11)5-9(12)3-4-10-13-6-8(2)14-10/h6,11-12H,3-5H2,1-2H3,(H,13,14). The summed E-state index contributed by atoms with van der Waals surface area (Å²) in [5, 5.41) is 14.8. The highest BCUT2D eigenvalue weighted by molar-refractivity contribution is 6.00. The first-order valence-electron chi connectivity index (χ1n) is 4.68. The van der Waals surface area contributed by atoms with E-state index < -0.39 is 0 Å². The van der Waals surface area contributed by atoms with Gasteiger partial charge >= 0.3 is 0 Å². The highest BCUT2D eigenvalue weighted by Gasteiger charge is 2.02. The lowest BCUT2D eigenvalue weighted by Crippen LogP contribution is -2.04. The third-order valence-electron chi connectivity index (χ3n) is 1.90. The molecule has 0 aromatic carbocycles. The second kappa shape index (κ2) is 4.69. The molecule has 0 aliphatic rings. The van der Waals surface area contributed by atoms with E-state index in [9.17, 15) is 0 Å². The Morgan fingerprint density at radius 2 is 2.21 bits per heavy atom. The van der Waals surface area contributed by atoms with Gasteiger partial charge in [-0.05, 0) is 20.3 Å². The minimum atomic E-state index is 0.486. The average Bonchev–Trinajstić information content (AvgIpc) is 2.47. The first-order chi connectivity index (χ1) is 6.58. The molecule has 0 radical (unpaired) electrons. The number of aryl methyl sites for hydroxylation is 2. The lowest BCUT2D eigenvalue weighted by molar-refractivity contribution is 0.917. The van der Waals surface area contributed by atoms with Crippen molar-refractivity contribution in [2.45, 2.75) is 33.1 Å². The molecular formula is C10H16N4. The summed E-state index contributed by atoms with van der Waals surface area (Å²) in [7, 11) is 0. The Bertz CT molecular complexity index is 338. The molecule has 76 valence electrons. The zero-order valence-corrected chi connectivity index (χ0v) is 8.65. The van der Waals surface area contributed by atoms with E-state index in [1.54, 1.807) is 13.1 Å². The second-order valence-corrected chi connectivity index (χ2v) is 3.57. The summed E-state index contributed by atoms with van der Waals surface area (Å²) >= 11 is 0. The summed E-state index contributed by atoms with van der Waals surface area (Å²) in [5.74, 6) is 0.926. The highest BCUT2D eigenvalue weighted by Crippen LogP contribution is 2.01. The third kappa shape index (κ3) is 3.51. The molecule has 4 nitrogen and oxygen atoms in total. The van der Waals surface area contributed by atoms with Crippen LogP contribution in [0.15, 0.2) is 6.20 Å². The zero-order valence-electron chi connectivity index (χ0n) is 8.65. The molecule has 0 unspecified atom stereocenters. The van der Waals surface area contributed by atoms with Crippen LogP contribution in [0, 0.1) is 17.7 Å². The summed E-state index contributed by atoms with van der Waals surface area (Å²) in [5.41, 5.74) is 2.20. The van der Waals surface area contributed by atoms with E-state index in [2.05, 4.69) is 9.97 Å². The molecule has 3 N–H and O–H groups in total. The number of aromatic amines is 1. The van der Waals surface area contributed by atoms with Crippen LogP contribution in [0.4, 0.5) is 0 Å². The van der Waals surface area contributed by atoms with E-state index in [4.69, 9.17) is 10.8 Å². The molecule has 4 heteroatoms. The van der Waals surface area contributed by atoms with Gasteiger partial charge in [0.1, 0.15) is 5.82 Å². The Morgan fingerprint density at radius 1 is 1.50 bits per heavy atom. The maximum atomic E-state index is 7.59. The number of rotatable bonds is 5. The molecule has 1 heterocycles. The first-order valence-corrected chi connectivity index (χ1v) is 4.68. The van der Waals surface area contributed by atoms with E-state index in [-0.39, 0.29) is 0 Å². The zero-order chi connectivity index (χ0) is 10.6. The van der Waals surface area contributed by atoms with Crippen LogP contribution in [0.3, 0.4) is 0 Å². The van der Waals surface area contributed by atoms with Crippen molar-refractivity contribution in [1.29, 1.82) is 10.8 Å². The Hall–Kier alpha value is -1.45. The van der Waals surface area contributed by atoms with Gasteiger partial charge in [-0.15, -0.1) is 0 Å². The largest absolute Gasteiger partial charge is 0.346 e. The van der Waals surface area contributed by atoms with Crippen molar-refractivity contribution in [3.8, 4) is 0 Å². The summed E-state index contributed by atoms with van der Waals surface area (Å²) in [4.78, 5) is 7.28. The van der Waals surface area contributed by atoms with E-state index in [1.807, 2.05) is 6.92 Å². The van der Waals surface area contributed by atoms with Gasteiger partial charge in [0.15, 0.2) is 0 Å². The summed E-state index contributed by atoms with van der Waals surface area (Å²) in [6.07, 6.45) is 3.73. The van der Waals surface area contributed by atoms with Gasteiger partial charge in [0.05, 0.1) is 0 Å². The fourth-order valence-electron chi connectivity index (χ4n) is 1.27. The quantitative estimate of drug-likeness (QED) is 0.614. The van der Waals surface area contributed by atoms with Crippen LogP contribution < -0.4 is 0 Å². The molecule has 1 rings (SSSR count). The number of nitrogens with one attached hydrogen (secondary N) is 3. The lowest BCUT2D eigenvalue weighted by Gasteiger charge is -2.00. The molecule has 0 fully saturated rings. The normalized spacial score (nSPS) is 10.1. The van der Waals surface area contributed by atoms with E-state index in [1.165, 1.54) is 0 Å². The number of hydrogen-bond acceptors (Lipinski definition) is 3. The van der Waals surface area contributed by atoms with Crippen molar-refractivity contribution in [3.05, 3.63) is 17.7 Å². The van der Waals surface area contributed by atoms with Gasteiger partial charge in [-0.25, -0.2) is 4.98 Å². The molecule has 0 saturated heterocycles. The van der Waals surface area contributed by atoms with Crippen LogP contribution in [0.2, 0.25) is 0 Å². The number of imidazole rings is 1. The van der Waals surface area contributed by atoms with Gasteiger partial charge in [0, 0.05) is 36.2 Å². The SMILES string of the molecule is CC(=N)CC(=N)CCc1ncc(C)[nH]1. The summed E-state index contributed by atoms with van der Waals surface area (Å²) < 4.78 is 0. The van der Waals surface area contributed by atoms with Crippen molar-refractivity contribution in [2.75, 3.05) is 0 Å². The molecule has 0 aliphatic carbocycles. The minimum absolute atomic E-state index is 0.486. The Balaban J connectivity index is 2.34. The number of nitrogens with zero attached hydrogens (tertiary/aromatic N) is 1. The maximum Gasteiger partial charge on any atom is 0.106 e. The molecule has 0 atom stereocenters. The van der Waals surface area contributed by atoms with Gasteiger partial charge in [0.2, 0.25) is 0 Å². The smallest absolute Gasteiger partial charge is 0.106 e. The number of hydrogen-bond donors (Lipinski definition) is 3. The van der Waals surface area contributed by atoms with Crippen LogP contribution >= 0.6 is 0 Å². The van der Waals surface area contributed by atoms with Gasteiger partial charge in [-0.3, -0.25) is 0 Å². The average molecular weight is 192 g/mol. The molecule has 1 aromatic heterocycles. The monoisotopic (exact) mass is 192 g/mol. The fourth-order valence-corrected chi connectivity index (χ4v) is 1.27. The number of aromatic nitrogens is 2. The highest BCUT2D eigenvalue weighted by atomic mass is 14.9. The van der Waals surface area contributed by atoms with Crippen LogP contribution in [0.1, 0.15) is 31.3 Å². The molecule has 0 aliphatic heterocycles.